The highest BCUT2D eigenvalue weighted by molar-refractivity contribution is 8.03. The van der Waals surface area contributed by atoms with E-state index in [-0.39, 0.29) is 5.91 Å². The molecule has 1 atom stereocenters. The highest BCUT2D eigenvalue weighted by atomic mass is 32.2. The van der Waals surface area contributed by atoms with Crippen LogP contribution in [0.25, 0.3) is 0 Å². The summed E-state index contributed by atoms with van der Waals surface area (Å²) in [6, 6.07) is 7.35. The van der Waals surface area contributed by atoms with Crippen molar-refractivity contribution in [2.75, 3.05) is 7.05 Å². The number of benzene rings is 1. The van der Waals surface area contributed by atoms with E-state index in [0.717, 1.165) is 17.3 Å². The molecule has 1 aromatic carbocycles. The molecule has 0 aromatic heterocycles. The van der Waals surface area contributed by atoms with E-state index in [1.165, 1.54) is 4.90 Å². The second kappa shape index (κ2) is 3.96. The van der Waals surface area contributed by atoms with Crippen molar-refractivity contribution in [3.05, 3.63) is 47.0 Å². The summed E-state index contributed by atoms with van der Waals surface area (Å²) in [5.41, 5.74) is 1.72. The molecule has 1 unspecified atom stereocenters. The Balaban J connectivity index is 2.42. The molecule has 1 aromatic rings. The number of likely N-dealkylation sites (N-methyl/N-ethyl adjacent to an activating group) is 1. The molecule has 1 heterocycles. The molecule has 0 saturated heterocycles. The van der Waals surface area contributed by atoms with Crippen LogP contribution >= 0.6 is 11.8 Å². The first kappa shape index (κ1) is 11.2. The maximum atomic E-state index is 11.9. The molecule has 16 heavy (non-hydrogen) atoms. The van der Waals surface area contributed by atoms with E-state index in [9.17, 15) is 9.90 Å². The van der Waals surface area contributed by atoms with Crippen molar-refractivity contribution >= 4 is 17.7 Å². The minimum atomic E-state index is -1.49. The lowest BCUT2D eigenvalue weighted by atomic mass is 10.1. The van der Waals surface area contributed by atoms with Crippen LogP contribution < -0.4 is 0 Å². The van der Waals surface area contributed by atoms with Gasteiger partial charge in [-0.15, -0.1) is 0 Å². The molecule has 0 bridgehead atoms. The van der Waals surface area contributed by atoms with Gasteiger partial charge in [0, 0.05) is 18.8 Å². The Labute approximate surface area is 98.8 Å². The zero-order chi connectivity index (χ0) is 11.8. The van der Waals surface area contributed by atoms with Gasteiger partial charge < -0.3 is 10.0 Å². The molecule has 3 nitrogen and oxygen atoms in total. The first-order valence-corrected chi connectivity index (χ1v) is 5.83. The number of thioether (sulfide) groups is 1. The molecule has 1 aliphatic rings. The van der Waals surface area contributed by atoms with Crippen molar-refractivity contribution in [2.24, 2.45) is 0 Å². The Morgan fingerprint density at radius 1 is 1.31 bits per heavy atom. The lowest BCUT2D eigenvalue weighted by molar-refractivity contribution is -0.139. The predicted octanol–water partition coefficient (Wildman–Crippen LogP) is 1.82. The van der Waals surface area contributed by atoms with Crippen LogP contribution in [-0.4, -0.2) is 23.0 Å². The van der Waals surface area contributed by atoms with E-state index >= 15 is 0 Å². The fourth-order valence-corrected chi connectivity index (χ4v) is 2.51. The van der Waals surface area contributed by atoms with E-state index in [2.05, 4.69) is 0 Å². The second-order valence-corrected chi connectivity index (χ2v) is 4.93. The molecular weight excluding hydrogens is 222 g/mol. The monoisotopic (exact) mass is 235 g/mol. The van der Waals surface area contributed by atoms with Crippen molar-refractivity contribution in [1.29, 1.82) is 0 Å². The number of hydrogen-bond donors (Lipinski definition) is 1. The van der Waals surface area contributed by atoms with Crippen LogP contribution in [0.2, 0.25) is 0 Å². The van der Waals surface area contributed by atoms with Crippen LogP contribution in [0, 0.1) is 6.92 Å². The number of carbonyl (C=O) groups excluding carboxylic acids is 1. The quantitative estimate of drug-likeness (QED) is 0.807. The fourth-order valence-electron chi connectivity index (χ4n) is 1.55. The van der Waals surface area contributed by atoms with E-state index < -0.39 is 4.93 Å². The van der Waals surface area contributed by atoms with Gasteiger partial charge in [-0.1, -0.05) is 41.6 Å². The SMILES string of the molecule is Cc1ccc(C2(O)SC=CN(C)C2=O)cc1. The minimum absolute atomic E-state index is 0.316. The molecule has 0 saturated carbocycles. The predicted molar refractivity (Wildman–Crippen MR) is 64.6 cm³/mol. The minimum Gasteiger partial charge on any atom is -0.367 e. The summed E-state index contributed by atoms with van der Waals surface area (Å²) in [7, 11) is 1.64. The standard InChI is InChI=1S/C12H13NO2S/c1-9-3-5-10(6-4-9)12(15)11(14)13(2)7-8-16-12/h3-8,15H,1-2H3. The van der Waals surface area contributed by atoms with Crippen molar-refractivity contribution in [3.8, 4) is 0 Å². The maximum Gasteiger partial charge on any atom is 0.274 e. The van der Waals surface area contributed by atoms with Gasteiger partial charge in [0.2, 0.25) is 4.93 Å². The lowest BCUT2D eigenvalue weighted by Gasteiger charge is -2.31. The van der Waals surface area contributed by atoms with Crippen molar-refractivity contribution in [1.82, 2.24) is 4.90 Å². The highest BCUT2D eigenvalue weighted by Gasteiger charge is 2.41. The molecule has 0 fully saturated rings. The normalized spacial score (nSPS) is 24.9. The van der Waals surface area contributed by atoms with Gasteiger partial charge in [0.05, 0.1) is 0 Å². The molecule has 1 N–H and O–H groups in total. The third kappa shape index (κ3) is 1.74. The molecular formula is C12H13NO2S. The highest BCUT2D eigenvalue weighted by Crippen LogP contribution is 2.39. The van der Waals surface area contributed by atoms with E-state index in [1.807, 2.05) is 19.1 Å². The summed E-state index contributed by atoms with van der Waals surface area (Å²) in [6.07, 6.45) is 1.65. The fraction of sp³-hybridized carbons (Fsp3) is 0.250. The number of aliphatic hydroxyl groups is 1. The molecule has 1 aliphatic heterocycles. The number of carbonyl (C=O) groups is 1. The summed E-state index contributed by atoms with van der Waals surface area (Å²) < 4.78 is 0. The van der Waals surface area contributed by atoms with Crippen molar-refractivity contribution in [2.45, 2.75) is 11.9 Å². The summed E-state index contributed by atoms with van der Waals surface area (Å²) in [5.74, 6) is -0.316. The average Bonchev–Trinajstić information content (AvgIpc) is 2.27. The van der Waals surface area contributed by atoms with Crippen LogP contribution in [0.4, 0.5) is 0 Å². The summed E-state index contributed by atoms with van der Waals surface area (Å²) in [5, 5.41) is 12.1. The van der Waals surface area contributed by atoms with Crippen LogP contribution in [0.1, 0.15) is 11.1 Å². The van der Waals surface area contributed by atoms with Crippen molar-refractivity contribution in [3.63, 3.8) is 0 Å². The summed E-state index contributed by atoms with van der Waals surface area (Å²) >= 11 is 1.12. The van der Waals surface area contributed by atoms with Gasteiger partial charge in [-0.2, -0.15) is 0 Å². The average molecular weight is 235 g/mol. The maximum absolute atomic E-state index is 11.9. The van der Waals surface area contributed by atoms with Gasteiger partial charge in [0.15, 0.2) is 0 Å². The van der Waals surface area contributed by atoms with Crippen molar-refractivity contribution < 1.29 is 9.90 Å². The molecule has 0 radical (unpaired) electrons. The molecule has 84 valence electrons. The van der Waals surface area contributed by atoms with E-state index in [4.69, 9.17) is 0 Å². The summed E-state index contributed by atoms with van der Waals surface area (Å²) in [4.78, 5) is 11.8. The van der Waals surface area contributed by atoms with E-state index in [1.54, 1.807) is 30.8 Å². The zero-order valence-electron chi connectivity index (χ0n) is 9.18. The van der Waals surface area contributed by atoms with E-state index in [0.29, 0.717) is 5.56 Å². The van der Waals surface area contributed by atoms with Crippen LogP contribution in [0.5, 0.6) is 0 Å². The first-order valence-electron chi connectivity index (χ1n) is 4.95. The van der Waals surface area contributed by atoms with Gasteiger partial charge in [-0.25, -0.2) is 0 Å². The Hall–Kier alpha value is -1.26. The third-order valence-corrected chi connectivity index (χ3v) is 3.59. The van der Waals surface area contributed by atoms with Crippen LogP contribution in [-0.2, 0) is 9.73 Å². The molecule has 4 heteroatoms. The Bertz CT molecular complexity index is 441. The number of nitrogens with zero attached hydrogens (tertiary/aromatic N) is 1. The van der Waals surface area contributed by atoms with Crippen LogP contribution in [0.15, 0.2) is 35.9 Å². The second-order valence-electron chi connectivity index (χ2n) is 3.83. The Morgan fingerprint density at radius 3 is 2.56 bits per heavy atom. The molecule has 2 rings (SSSR count). The Morgan fingerprint density at radius 2 is 1.94 bits per heavy atom. The van der Waals surface area contributed by atoms with Gasteiger partial charge >= 0.3 is 0 Å². The molecule has 0 spiro atoms. The number of amides is 1. The van der Waals surface area contributed by atoms with Gasteiger partial charge in [0.1, 0.15) is 0 Å². The van der Waals surface area contributed by atoms with Gasteiger partial charge in [0.25, 0.3) is 5.91 Å². The zero-order valence-corrected chi connectivity index (χ0v) is 9.99. The smallest absolute Gasteiger partial charge is 0.274 e. The molecule has 1 amide bonds. The van der Waals surface area contributed by atoms with Gasteiger partial charge in [-0.3, -0.25) is 4.79 Å². The first-order chi connectivity index (χ1) is 7.54. The topological polar surface area (TPSA) is 40.5 Å². The van der Waals surface area contributed by atoms with Crippen LogP contribution in [0.3, 0.4) is 0 Å². The molecule has 0 aliphatic carbocycles. The lowest BCUT2D eigenvalue weighted by Crippen LogP contribution is -2.42. The number of hydrogen-bond acceptors (Lipinski definition) is 3. The summed E-state index contributed by atoms with van der Waals surface area (Å²) in [6.45, 7) is 1.97. The Kier molecular flexibility index (Phi) is 2.78. The number of aryl methyl sites for hydroxylation is 1. The number of rotatable bonds is 1. The third-order valence-electron chi connectivity index (χ3n) is 2.58. The van der Waals surface area contributed by atoms with Gasteiger partial charge in [-0.05, 0) is 12.3 Å². The largest absolute Gasteiger partial charge is 0.367 e.